The van der Waals surface area contributed by atoms with Crippen LogP contribution < -0.4 is 5.32 Å². The Morgan fingerprint density at radius 2 is 1.89 bits per heavy atom. The van der Waals surface area contributed by atoms with E-state index >= 15 is 0 Å². The molecule has 1 aromatic heterocycles. The van der Waals surface area contributed by atoms with Gasteiger partial charge in [0.2, 0.25) is 0 Å². The maximum absolute atomic E-state index is 12.5. The number of nitrogens with zero attached hydrogens (tertiary/aromatic N) is 2. The zero-order valence-electron chi connectivity index (χ0n) is 15.0. The highest BCUT2D eigenvalue weighted by molar-refractivity contribution is 8.18. The molecule has 0 saturated carbocycles. The van der Waals surface area contributed by atoms with E-state index in [1.54, 1.807) is 0 Å². The number of thioether (sulfide) groups is 1. The molecule has 0 atom stereocenters. The SMILES string of the molecule is C=CCn1c(C)c(/C=C2/SC(=Nc3ccccc3)NC2=O)c2ccccc21. The minimum absolute atomic E-state index is 0.116. The number of nitrogens with one attached hydrogen (secondary N) is 1. The Morgan fingerprint density at radius 3 is 2.67 bits per heavy atom. The van der Waals surface area contributed by atoms with Crippen LogP contribution in [0, 0.1) is 6.92 Å². The highest BCUT2D eigenvalue weighted by Crippen LogP contribution is 2.33. The van der Waals surface area contributed by atoms with Gasteiger partial charge in [0.1, 0.15) is 0 Å². The van der Waals surface area contributed by atoms with Crippen LogP contribution in [0.4, 0.5) is 5.69 Å². The molecule has 3 aromatic rings. The normalized spacial score (nSPS) is 17.0. The van der Waals surface area contributed by atoms with Gasteiger partial charge in [-0.3, -0.25) is 4.79 Å². The van der Waals surface area contributed by atoms with E-state index in [0.29, 0.717) is 10.1 Å². The summed E-state index contributed by atoms with van der Waals surface area (Å²) >= 11 is 1.37. The summed E-state index contributed by atoms with van der Waals surface area (Å²) in [5.74, 6) is -0.116. The second kappa shape index (κ2) is 7.29. The van der Waals surface area contributed by atoms with E-state index < -0.39 is 0 Å². The number of rotatable bonds is 4. The van der Waals surface area contributed by atoms with E-state index in [0.717, 1.165) is 34.4 Å². The lowest BCUT2D eigenvalue weighted by Gasteiger charge is -2.04. The molecule has 1 N–H and O–H groups in total. The van der Waals surface area contributed by atoms with E-state index in [1.165, 1.54) is 11.8 Å². The molecule has 4 nitrogen and oxygen atoms in total. The standard InChI is InChI=1S/C22H19N3OS/c1-3-13-25-15(2)18(17-11-7-8-12-19(17)25)14-20-21(26)24-22(27-20)23-16-9-5-4-6-10-16/h3-12,14H,1,13H2,2H3,(H,23,24,26)/b20-14+. The molecule has 0 bridgehead atoms. The van der Waals surface area contributed by atoms with Gasteiger partial charge in [0, 0.05) is 28.7 Å². The molecule has 1 amide bonds. The van der Waals surface area contributed by atoms with Crippen molar-refractivity contribution >= 4 is 45.5 Å². The average molecular weight is 373 g/mol. The third-order valence-corrected chi connectivity index (χ3v) is 5.41. The van der Waals surface area contributed by atoms with Gasteiger partial charge in [-0.2, -0.15) is 0 Å². The highest BCUT2D eigenvalue weighted by Gasteiger charge is 2.25. The quantitative estimate of drug-likeness (QED) is 0.515. The maximum Gasteiger partial charge on any atom is 0.264 e. The summed E-state index contributed by atoms with van der Waals surface area (Å²) < 4.78 is 2.21. The van der Waals surface area contributed by atoms with Gasteiger partial charge in [-0.05, 0) is 43.0 Å². The topological polar surface area (TPSA) is 46.4 Å². The number of hydrogen-bond donors (Lipinski definition) is 1. The number of benzene rings is 2. The van der Waals surface area contributed by atoms with Gasteiger partial charge in [0.15, 0.2) is 5.17 Å². The molecule has 0 spiro atoms. The molecule has 0 aliphatic carbocycles. The Morgan fingerprint density at radius 1 is 1.15 bits per heavy atom. The molecule has 27 heavy (non-hydrogen) atoms. The van der Waals surface area contributed by atoms with Crippen LogP contribution in [0.15, 0.2) is 77.1 Å². The summed E-state index contributed by atoms with van der Waals surface area (Å²) in [6, 6.07) is 17.8. The lowest BCUT2D eigenvalue weighted by Crippen LogP contribution is -2.19. The molecule has 134 valence electrons. The van der Waals surface area contributed by atoms with Crippen molar-refractivity contribution in [1.29, 1.82) is 0 Å². The lowest BCUT2D eigenvalue weighted by atomic mass is 10.1. The molecular formula is C22H19N3OS. The molecule has 0 radical (unpaired) electrons. The lowest BCUT2D eigenvalue weighted by molar-refractivity contribution is -0.115. The highest BCUT2D eigenvalue weighted by atomic mass is 32.2. The molecule has 1 aliphatic rings. The number of amides is 1. The molecule has 1 aliphatic heterocycles. The van der Waals surface area contributed by atoms with Gasteiger partial charge >= 0.3 is 0 Å². The first kappa shape index (κ1) is 17.4. The van der Waals surface area contributed by atoms with Crippen molar-refractivity contribution in [3.63, 3.8) is 0 Å². The van der Waals surface area contributed by atoms with Crippen LogP contribution >= 0.6 is 11.8 Å². The Kier molecular flexibility index (Phi) is 4.69. The van der Waals surface area contributed by atoms with E-state index in [1.807, 2.05) is 54.6 Å². The fourth-order valence-electron chi connectivity index (χ4n) is 3.24. The zero-order valence-corrected chi connectivity index (χ0v) is 15.8. The summed E-state index contributed by atoms with van der Waals surface area (Å²) in [6.45, 7) is 6.67. The Bertz CT molecular complexity index is 1090. The number of carbonyl (C=O) groups excluding carboxylic acids is 1. The first-order chi connectivity index (χ1) is 13.2. The summed E-state index contributed by atoms with van der Waals surface area (Å²) in [5.41, 5.74) is 4.14. The first-order valence-electron chi connectivity index (χ1n) is 8.70. The van der Waals surface area contributed by atoms with Crippen molar-refractivity contribution in [2.75, 3.05) is 0 Å². The minimum atomic E-state index is -0.116. The Balaban J connectivity index is 1.74. The number of fused-ring (bicyclic) bond motifs is 1. The fourth-order valence-corrected chi connectivity index (χ4v) is 4.06. The van der Waals surface area contributed by atoms with E-state index in [2.05, 4.69) is 40.5 Å². The van der Waals surface area contributed by atoms with Crippen LogP contribution in [-0.4, -0.2) is 15.6 Å². The second-order valence-corrected chi connectivity index (χ2v) is 7.26. The van der Waals surface area contributed by atoms with Crippen LogP contribution in [0.2, 0.25) is 0 Å². The van der Waals surface area contributed by atoms with Gasteiger partial charge in [0.25, 0.3) is 5.91 Å². The van der Waals surface area contributed by atoms with Gasteiger partial charge in [-0.25, -0.2) is 4.99 Å². The smallest absolute Gasteiger partial charge is 0.264 e. The molecule has 1 fully saturated rings. The van der Waals surface area contributed by atoms with E-state index in [4.69, 9.17) is 0 Å². The second-order valence-electron chi connectivity index (χ2n) is 6.23. The molecule has 2 aromatic carbocycles. The molecule has 1 saturated heterocycles. The third kappa shape index (κ3) is 3.34. The third-order valence-electron chi connectivity index (χ3n) is 4.50. The van der Waals surface area contributed by atoms with E-state index in [-0.39, 0.29) is 5.91 Å². The summed E-state index contributed by atoms with van der Waals surface area (Å²) in [6.07, 6.45) is 3.85. The minimum Gasteiger partial charge on any atom is -0.340 e. The molecular weight excluding hydrogens is 354 g/mol. The number of allylic oxidation sites excluding steroid dienone is 1. The monoisotopic (exact) mass is 373 g/mol. The van der Waals surface area contributed by atoms with Gasteiger partial charge in [-0.1, -0.05) is 42.5 Å². The van der Waals surface area contributed by atoms with Crippen molar-refractivity contribution < 1.29 is 4.79 Å². The zero-order chi connectivity index (χ0) is 18.8. The number of aromatic nitrogens is 1. The number of aliphatic imine (C=N–C) groups is 1. The number of para-hydroxylation sites is 2. The van der Waals surface area contributed by atoms with Crippen molar-refractivity contribution in [3.05, 3.63) is 83.4 Å². The first-order valence-corrected chi connectivity index (χ1v) is 9.52. The van der Waals surface area contributed by atoms with Crippen LogP contribution in [-0.2, 0) is 11.3 Å². The average Bonchev–Trinajstić information content (AvgIpc) is 3.15. The van der Waals surface area contributed by atoms with Crippen LogP contribution in [0.25, 0.3) is 17.0 Å². The van der Waals surface area contributed by atoms with Crippen LogP contribution in [0.5, 0.6) is 0 Å². The Labute approximate surface area is 162 Å². The summed E-state index contributed by atoms with van der Waals surface area (Å²) in [4.78, 5) is 17.6. The largest absolute Gasteiger partial charge is 0.340 e. The van der Waals surface area contributed by atoms with Gasteiger partial charge in [0.05, 0.1) is 10.6 Å². The molecule has 2 heterocycles. The van der Waals surface area contributed by atoms with Gasteiger partial charge < -0.3 is 9.88 Å². The Hall–Kier alpha value is -3.05. The predicted molar refractivity (Wildman–Crippen MR) is 114 cm³/mol. The summed E-state index contributed by atoms with van der Waals surface area (Å²) in [7, 11) is 0. The van der Waals surface area contributed by atoms with E-state index in [9.17, 15) is 4.79 Å². The van der Waals surface area contributed by atoms with Crippen molar-refractivity contribution in [2.24, 2.45) is 4.99 Å². The number of hydrogen-bond acceptors (Lipinski definition) is 3. The van der Waals surface area contributed by atoms with Crippen molar-refractivity contribution in [1.82, 2.24) is 9.88 Å². The van der Waals surface area contributed by atoms with Crippen LogP contribution in [0.1, 0.15) is 11.3 Å². The number of carbonyl (C=O) groups is 1. The molecule has 5 heteroatoms. The fraction of sp³-hybridized carbons (Fsp3) is 0.0909. The van der Waals surface area contributed by atoms with Gasteiger partial charge in [-0.15, -0.1) is 6.58 Å². The molecule has 0 unspecified atom stereocenters. The summed E-state index contributed by atoms with van der Waals surface area (Å²) in [5, 5.41) is 4.59. The van der Waals surface area contributed by atoms with Crippen LogP contribution in [0.3, 0.4) is 0 Å². The maximum atomic E-state index is 12.5. The predicted octanol–water partition coefficient (Wildman–Crippen LogP) is 5.03. The van der Waals surface area contributed by atoms with Crippen molar-refractivity contribution in [2.45, 2.75) is 13.5 Å². The molecule has 4 rings (SSSR count). The van der Waals surface area contributed by atoms with Crippen molar-refractivity contribution in [3.8, 4) is 0 Å². The number of amidine groups is 1.